The number of ether oxygens (including phenoxy) is 1. The van der Waals surface area contributed by atoms with Gasteiger partial charge < -0.3 is 31.3 Å². The number of piperidine rings is 3. The van der Waals surface area contributed by atoms with Gasteiger partial charge >= 0.3 is 0 Å². The van der Waals surface area contributed by atoms with Crippen molar-refractivity contribution in [2.24, 2.45) is 17.1 Å². The van der Waals surface area contributed by atoms with Crippen LogP contribution >= 0.6 is 15.9 Å². The first-order valence-electron chi connectivity index (χ1n) is 21.2. The summed E-state index contributed by atoms with van der Waals surface area (Å²) in [6.07, 6.45) is 5.62. The molecule has 2 aromatic carbocycles. The Morgan fingerprint density at radius 2 is 1.78 bits per heavy atom. The number of anilines is 3. The number of sulfonamides is 1. The summed E-state index contributed by atoms with van der Waals surface area (Å²) in [7, 11) is -3.65. The highest BCUT2D eigenvalue weighted by atomic mass is 79.9. The molecule has 64 heavy (non-hydrogen) atoms. The average molecular weight is 968 g/mol. The minimum atomic E-state index is -3.65. The number of primary amides is 1. The Morgan fingerprint density at radius 3 is 2.52 bits per heavy atom. The van der Waals surface area contributed by atoms with Crippen LogP contribution in [-0.4, -0.2) is 132 Å². The van der Waals surface area contributed by atoms with Gasteiger partial charge in [0, 0.05) is 57.3 Å². The summed E-state index contributed by atoms with van der Waals surface area (Å²) in [6.45, 7) is 2.90. The lowest BCUT2D eigenvalue weighted by Crippen LogP contribution is -2.54. The van der Waals surface area contributed by atoms with Crippen LogP contribution in [0.3, 0.4) is 0 Å². The molecule has 2 unspecified atom stereocenters. The normalized spacial score (nSPS) is 21.4. The van der Waals surface area contributed by atoms with Crippen LogP contribution in [-0.2, 0) is 24.4 Å². The first-order valence-corrected chi connectivity index (χ1v) is 23.6. The van der Waals surface area contributed by atoms with Gasteiger partial charge in [-0.3, -0.25) is 39.0 Å². The lowest BCUT2D eigenvalue weighted by Gasteiger charge is -2.38. The van der Waals surface area contributed by atoms with Gasteiger partial charge in [-0.1, -0.05) is 12.1 Å². The van der Waals surface area contributed by atoms with E-state index in [1.807, 2.05) is 0 Å². The maximum absolute atomic E-state index is 14.3. The smallest absolute Gasteiger partial charge is 0.266 e. The summed E-state index contributed by atoms with van der Waals surface area (Å²) in [6, 6.07) is 7.64. The molecule has 4 fully saturated rings. The largest absolute Gasteiger partial charge is 0.493 e. The standard InChI is InChI=1S/C42H48BrFN10O9S/c43-27-22-47-41(51-36(27)49-29-6-2-5-28(44)34(29)35(45)56)48-24-10-18-53(19-11-24)64(61,62)21-15-46-37(57)26-12-17-52(23-42(26)13-14-42)16-3-20-63-31-7-1-4-25-33(31)40(60)54(39(25)59)30-8-9-32(55)50-38(30)58/h1-2,4-7,22,24,26,30H,3,8-21,23H2,(H2,45,56)(H,46,57)(H,50,55,58)(H2,47,48,49,51). The van der Waals surface area contributed by atoms with Gasteiger partial charge in [-0.25, -0.2) is 22.1 Å². The number of hydrogen-bond acceptors (Lipinski definition) is 14. The summed E-state index contributed by atoms with van der Waals surface area (Å²) in [4.78, 5) is 87.9. The topological polar surface area (TPSA) is 255 Å². The van der Waals surface area contributed by atoms with E-state index in [1.165, 1.54) is 28.7 Å². The third-order valence-corrected chi connectivity index (χ3v) is 15.1. The Labute approximate surface area is 376 Å². The Hall–Kier alpha value is -5.58. The zero-order valence-corrected chi connectivity index (χ0v) is 37.1. The molecule has 6 N–H and O–H groups in total. The first-order chi connectivity index (χ1) is 30.6. The zero-order chi connectivity index (χ0) is 45.3. The fourth-order valence-electron chi connectivity index (χ4n) is 9.14. The van der Waals surface area contributed by atoms with Gasteiger partial charge in [-0.15, -0.1) is 0 Å². The van der Waals surface area contributed by atoms with Gasteiger partial charge in [0.15, 0.2) is 0 Å². The van der Waals surface area contributed by atoms with Gasteiger partial charge in [0.05, 0.1) is 39.2 Å². The number of benzene rings is 2. The van der Waals surface area contributed by atoms with Crippen molar-refractivity contribution in [1.29, 1.82) is 0 Å². The maximum atomic E-state index is 14.3. The van der Waals surface area contributed by atoms with Gasteiger partial charge in [-0.05, 0) is 97.1 Å². The molecule has 19 nitrogen and oxygen atoms in total. The van der Waals surface area contributed by atoms with Crippen LogP contribution in [0.25, 0.3) is 0 Å². The van der Waals surface area contributed by atoms with Gasteiger partial charge in [0.1, 0.15) is 23.4 Å². The summed E-state index contributed by atoms with van der Waals surface area (Å²) >= 11 is 3.36. The highest BCUT2D eigenvalue weighted by molar-refractivity contribution is 9.10. The number of carbonyl (C=O) groups is 6. The molecular weight excluding hydrogens is 919 g/mol. The number of halogens is 2. The van der Waals surface area contributed by atoms with E-state index in [0.29, 0.717) is 43.2 Å². The van der Waals surface area contributed by atoms with Crippen molar-refractivity contribution in [3.05, 3.63) is 69.6 Å². The average Bonchev–Trinajstić information content (AvgIpc) is 3.96. The van der Waals surface area contributed by atoms with Crippen LogP contribution < -0.4 is 31.7 Å². The number of nitrogens with zero attached hydrogens (tertiary/aromatic N) is 5. The molecule has 340 valence electrons. The van der Waals surface area contributed by atoms with Crippen LogP contribution in [0.5, 0.6) is 5.75 Å². The van der Waals surface area contributed by atoms with Crippen molar-refractivity contribution in [2.75, 3.05) is 62.3 Å². The van der Waals surface area contributed by atoms with Crippen LogP contribution in [0.15, 0.2) is 47.1 Å². The first kappa shape index (κ1) is 45.0. The van der Waals surface area contributed by atoms with Crippen molar-refractivity contribution >= 4 is 78.8 Å². The van der Waals surface area contributed by atoms with Crippen LogP contribution in [0.2, 0.25) is 0 Å². The second-order valence-corrected chi connectivity index (χ2v) is 19.7. The predicted octanol–water partition coefficient (Wildman–Crippen LogP) is 2.52. The van der Waals surface area contributed by atoms with E-state index in [9.17, 15) is 41.6 Å². The van der Waals surface area contributed by atoms with E-state index in [-0.39, 0.29) is 108 Å². The molecule has 5 aliphatic rings. The molecule has 1 aromatic heterocycles. The number of aromatic nitrogens is 2. The molecule has 2 atom stereocenters. The van der Waals surface area contributed by atoms with Crippen molar-refractivity contribution in [3.63, 3.8) is 0 Å². The lowest BCUT2D eigenvalue weighted by atomic mass is 9.81. The number of imide groups is 2. The third-order valence-electron chi connectivity index (χ3n) is 12.6. The molecule has 4 aliphatic heterocycles. The molecule has 3 aromatic rings. The summed E-state index contributed by atoms with van der Waals surface area (Å²) in [5.41, 5.74) is 5.32. The Balaban J connectivity index is 0.756. The third kappa shape index (κ3) is 9.45. The lowest BCUT2D eigenvalue weighted by molar-refractivity contribution is -0.136. The van der Waals surface area contributed by atoms with E-state index < -0.39 is 51.4 Å². The van der Waals surface area contributed by atoms with Crippen molar-refractivity contribution in [2.45, 2.75) is 63.5 Å². The highest BCUT2D eigenvalue weighted by Gasteiger charge is 2.55. The summed E-state index contributed by atoms with van der Waals surface area (Å²) < 4.78 is 48.9. The number of nitrogens with one attached hydrogen (secondary N) is 4. The minimum absolute atomic E-state index is 0.000839. The van der Waals surface area contributed by atoms with Crippen LogP contribution in [0.4, 0.5) is 21.8 Å². The van der Waals surface area contributed by atoms with E-state index in [1.54, 1.807) is 12.1 Å². The molecule has 3 saturated heterocycles. The van der Waals surface area contributed by atoms with Crippen molar-refractivity contribution < 1.29 is 46.3 Å². The van der Waals surface area contributed by atoms with Gasteiger partial charge in [-0.2, -0.15) is 4.98 Å². The van der Waals surface area contributed by atoms with Crippen molar-refractivity contribution in [3.8, 4) is 5.75 Å². The number of carbonyl (C=O) groups excluding carboxylic acids is 6. The Morgan fingerprint density at radius 1 is 1.02 bits per heavy atom. The molecule has 8 rings (SSSR count). The van der Waals surface area contributed by atoms with Crippen LogP contribution in [0, 0.1) is 17.2 Å². The molecule has 22 heteroatoms. The molecule has 0 bridgehead atoms. The van der Waals surface area contributed by atoms with Crippen LogP contribution in [0.1, 0.15) is 82.4 Å². The van der Waals surface area contributed by atoms with E-state index in [0.717, 1.165) is 30.4 Å². The number of nitrogens with two attached hydrogens (primary N) is 1. The van der Waals surface area contributed by atoms with E-state index >= 15 is 0 Å². The molecule has 1 spiro atoms. The molecule has 0 radical (unpaired) electrons. The molecule has 1 saturated carbocycles. The predicted molar refractivity (Wildman–Crippen MR) is 232 cm³/mol. The van der Waals surface area contributed by atoms with Crippen molar-refractivity contribution in [1.82, 2.24) is 34.7 Å². The summed E-state index contributed by atoms with van der Waals surface area (Å²) in [5.74, 6) is -3.84. The number of hydrogen-bond donors (Lipinski definition) is 5. The fraction of sp³-hybridized carbons (Fsp3) is 0.476. The zero-order valence-electron chi connectivity index (χ0n) is 34.7. The second-order valence-electron chi connectivity index (χ2n) is 16.8. The van der Waals surface area contributed by atoms with Gasteiger partial charge in [0.25, 0.3) is 17.7 Å². The fourth-order valence-corrected chi connectivity index (χ4v) is 10.8. The minimum Gasteiger partial charge on any atom is -0.493 e. The molecule has 5 heterocycles. The van der Waals surface area contributed by atoms with E-state index in [4.69, 9.17) is 10.5 Å². The quantitative estimate of drug-likeness (QED) is 0.102. The molecule has 6 amide bonds. The van der Waals surface area contributed by atoms with Gasteiger partial charge in [0.2, 0.25) is 33.7 Å². The number of amides is 6. The Bertz CT molecular complexity index is 2500. The number of likely N-dealkylation sites (tertiary alicyclic amines) is 1. The summed E-state index contributed by atoms with van der Waals surface area (Å²) in [5, 5.41) is 11.3. The maximum Gasteiger partial charge on any atom is 0.266 e. The molecule has 1 aliphatic carbocycles. The molecular formula is C42H48BrFN10O9S. The number of fused-ring (bicyclic) bond motifs is 1. The Kier molecular flexibility index (Phi) is 13.0. The second kappa shape index (κ2) is 18.5. The highest BCUT2D eigenvalue weighted by Crippen LogP contribution is 2.55. The number of rotatable bonds is 16. The monoisotopic (exact) mass is 966 g/mol. The van der Waals surface area contributed by atoms with E-state index in [2.05, 4.69) is 52.1 Å². The SMILES string of the molecule is NC(=O)c1c(F)cccc1Nc1nc(NC2CCN(S(=O)(=O)CCNC(=O)C3CCN(CCCOc4cccc5c4C(=O)N(C4CCC(=O)NC4=O)C5=O)CC34CC4)CC2)ncc1Br.